The Hall–Kier alpha value is -1.84. The Labute approximate surface area is 159 Å². The van der Waals surface area contributed by atoms with Gasteiger partial charge >= 0.3 is 0 Å². The van der Waals surface area contributed by atoms with Crippen molar-refractivity contribution in [2.75, 3.05) is 33.4 Å². The molecular weight excluding hydrogens is 346 g/mol. The lowest BCUT2D eigenvalue weighted by Gasteiger charge is -2.33. The maximum absolute atomic E-state index is 5.97. The van der Waals surface area contributed by atoms with Crippen LogP contribution in [0.2, 0.25) is 0 Å². The molecule has 2 aromatic rings. The minimum Gasteiger partial charge on any atom is -0.383 e. The van der Waals surface area contributed by atoms with Gasteiger partial charge in [0.15, 0.2) is 5.82 Å². The molecule has 1 atom stereocenters. The van der Waals surface area contributed by atoms with Crippen LogP contribution >= 0.6 is 0 Å². The summed E-state index contributed by atoms with van der Waals surface area (Å²) in [5.74, 6) is 0.775. The number of morpholine rings is 1. The van der Waals surface area contributed by atoms with Crippen molar-refractivity contribution in [3.63, 3.8) is 0 Å². The van der Waals surface area contributed by atoms with E-state index in [-0.39, 0.29) is 6.10 Å². The standard InChI is InChI=1S/C18H29N7O2/c1-26-9-8-25-18(20-21-22-25)17-13-23(7-10-27-17)12-16-11-19-14-24(16)15-5-3-2-4-6-15/h11,14-15,17H,2-10,12-13H2,1H3. The van der Waals surface area contributed by atoms with Crippen LogP contribution in [0.15, 0.2) is 12.5 Å². The zero-order valence-electron chi connectivity index (χ0n) is 16.0. The lowest BCUT2D eigenvalue weighted by atomic mass is 9.95. The Morgan fingerprint density at radius 1 is 1.26 bits per heavy atom. The summed E-state index contributed by atoms with van der Waals surface area (Å²) in [6.07, 6.45) is 10.5. The summed E-state index contributed by atoms with van der Waals surface area (Å²) in [4.78, 5) is 6.85. The van der Waals surface area contributed by atoms with Gasteiger partial charge in [-0.2, -0.15) is 0 Å². The van der Waals surface area contributed by atoms with E-state index in [4.69, 9.17) is 9.47 Å². The van der Waals surface area contributed by atoms with E-state index in [1.54, 1.807) is 11.8 Å². The molecule has 1 unspecified atom stereocenters. The highest BCUT2D eigenvalue weighted by atomic mass is 16.5. The molecule has 0 aromatic carbocycles. The van der Waals surface area contributed by atoms with Crippen LogP contribution in [0.25, 0.3) is 0 Å². The summed E-state index contributed by atoms with van der Waals surface area (Å²) in [5.41, 5.74) is 1.29. The predicted octanol–water partition coefficient (Wildman–Crippen LogP) is 1.59. The van der Waals surface area contributed by atoms with E-state index in [1.807, 2.05) is 12.5 Å². The van der Waals surface area contributed by atoms with E-state index >= 15 is 0 Å². The number of hydrogen-bond donors (Lipinski definition) is 0. The van der Waals surface area contributed by atoms with Crippen molar-refractivity contribution in [1.82, 2.24) is 34.7 Å². The fraction of sp³-hybridized carbons (Fsp3) is 0.778. The molecule has 2 fully saturated rings. The SMILES string of the molecule is COCCn1nnnc1C1CN(Cc2cncn2C2CCCCC2)CCO1. The molecule has 1 aliphatic carbocycles. The third-order valence-corrected chi connectivity index (χ3v) is 5.61. The fourth-order valence-corrected chi connectivity index (χ4v) is 4.15. The Balaban J connectivity index is 1.41. The van der Waals surface area contributed by atoms with Crippen molar-refractivity contribution in [3.05, 3.63) is 24.0 Å². The van der Waals surface area contributed by atoms with E-state index in [0.29, 0.717) is 25.8 Å². The van der Waals surface area contributed by atoms with E-state index in [1.165, 1.54) is 37.8 Å². The van der Waals surface area contributed by atoms with E-state index < -0.39 is 0 Å². The Kier molecular flexibility index (Phi) is 6.10. The van der Waals surface area contributed by atoms with E-state index in [9.17, 15) is 0 Å². The van der Waals surface area contributed by atoms with Crippen LogP contribution in [-0.4, -0.2) is 68.1 Å². The van der Waals surface area contributed by atoms with Crippen LogP contribution in [0, 0.1) is 0 Å². The maximum atomic E-state index is 5.97. The van der Waals surface area contributed by atoms with Crippen LogP contribution < -0.4 is 0 Å². The van der Waals surface area contributed by atoms with Crippen molar-refractivity contribution in [2.24, 2.45) is 0 Å². The average Bonchev–Trinajstić information content (AvgIpc) is 3.36. The second-order valence-electron chi connectivity index (χ2n) is 7.43. The molecule has 27 heavy (non-hydrogen) atoms. The molecule has 2 aromatic heterocycles. The zero-order chi connectivity index (χ0) is 18.5. The van der Waals surface area contributed by atoms with Crippen LogP contribution in [0.1, 0.15) is 55.8 Å². The Morgan fingerprint density at radius 3 is 3.00 bits per heavy atom. The van der Waals surface area contributed by atoms with Crippen LogP contribution in [0.4, 0.5) is 0 Å². The van der Waals surface area contributed by atoms with Gasteiger partial charge in [0.1, 0.15) is 6.10 Å². The Bertz CT molecular complexity index is 710. The lowest BCUT2D eigenvalue weighted by molar-refractivity contribution is -0.0404. The van der Waals surface area contributed by atoms with Crippen LogP contribution in [0.5, 0.6) is 0 Å². The van der Waals surface area contributed by atoms with Crippen molar-refractivity contribution in [3.8, 4) is 0 Å². The van der Waals surface area contributed by atoms with Crippen LogP contribution in [-0.2, 0) is 22.6 Å². The highest BCUT2D eigenvalue weighted by Gasteiger charge is 2.28. The zero-order valence-corrected chi connectivity index (χ0v) is 16.0. The van der Waals surface area contributed by atoms with Crippen molar-refractivity contribution in [2.45, 2.75) is 57.3 Å². The van der Waals surface area contributed by atoms with Gasteiger partial charge in [0.2, 0.25) is 0 Å². The first-order valence-electron chi connectivity index (χ1n) is 9.95. The Morgan fingerprint density at radius 2 is 2.15 bits per heavy atom. The fourth-order valence-electron chi connectivity index (χ4n) is 4.15. The van der Waals surface area contributed by atoms with Crippen LogP contribution in [0.3, 0.4) is 0 Å². The molecule has 3 heterocycles. The molecular formula is C18H29N7O2. The first kappa shape index (κ1) is 18.5. The van der Waals surface area contributed by atoms with E-state index in [2.05, 4.69) is 30.0 Å². The van der Waals surface area contributed by atoms with Gasteiger partial charge < -0.3 is 14.0 Å². The van der Waals surface area contributed by atoms with Gasteiger partial charge in [0.05, 0.1) is 31.8 Å². The molecule has 1 saturated heterocycles. The highest BCUT2D eigenvalue weighted by molar-refractivity contribution is 5.02. The molecule has 2 aliphatic rings. The summed E-state index contributed by atoms with van der Waals surface area (Å²) < 4.78 is 15.3. The van der Waals surface area contributed by atoms with E-state index in [0.717, 1.165) is 25.5 Å². The molecule has 148 valence electrons. The molecule has 0 spiro atoms. The number of tetrazole rings is 1. The first-order valence-corrected chi connectivity index (χ1v) is 9.95. The van der Waals surface area contributed by atoms with Gasteiger partial charge in [-0.05, 0) is 23.3 Å². The summed E-state index contributed by atoms with van der Waals surface area (Å²) in [7, 11) is 1.68. The van der Waals surface area contributed by atoms with Crippen molar-refractivity contribution < 1.29 is 9.47 Å². The predicted molar refractivity (Wildman–Crippen MR) is 98.0 cm³/mol. The number of methoxy groups -OCH3 is 1. The second kappa shape index (κ2) is 8.90. The molecule has 9 nitrogen and oxygen atoms in total. The lowest BCUT2D eigenvalue weighted by Crippen LogP contribution is -2.39. The highest BCUT2D eigenvalue weighted by Crippen LogP contribution is 2.30. The monoisotopic (exact) mass is 375 g/mol. The summed E-state index contributed by atoms with van der Waals surface area (Å²) in [5, 5.41) is 12.1. The quantitative estimate of drug-likeness (QED) is 0.727. The number of rotatable bonds is 7. The molecule has 0 amide bonds. The molecule has 9 heteroatoms. The smallest absolute Gasteiger partial charge is 0.181 e. The molecule has 0 bridgehead atoms. The van der Waals surface area contributed by atoms with Gasteiger partial charge in [0.25, 0.3) is 0 Å². The van der Waals surface area contributed by atoms with Gasteiger partial charge in [-0.1, -0.05) is 19.3 Å². The number of imidazole rings is 1. The maximum Gasteiger partial charge on any atom is 0.181 e. The van der Waals surface area contributed by atoms with Gasteiger partial charge in [-0.15, -0.1) is 5.10 Å². The molecule has 1 aliphatic heterocycles. The second-order valence-corrected chi connectivity index (χ2v) is 7.43. The third kappa shape index (κ3) is 4.36. The summed E-state index contributed by atoms with van der Waals surface area (Å²) in [6.45, 7) is 4.47. The minimum absolute atomic E-state index is 0.114. The number of aromatic nitrogens is 6. The van der Waals surface area contributed by atoms with Crippen molar-refractivity contribution >= 4 is 0 Å². The van der Waals surface area contributed by atoms with Gasteiger partial charge in [-0.25, -0.2) is 9.67 Å². The van der Waals surface area contributed by atoms with Gasteiger partial charge in [-0.3, -0.25) is 4.90 Å². The third-order valence-electron chi connectivity index (χ3n) is 5.61. The van der Waals surface area contributed by atoms with Gasteiger partial charge in [0, 0.05) is 39.0 Å². The number of nitrogens with zero attached hydrogens (tertiary/aromatic N) is 7. The molecule has 4 rings (SSSR count). The minimum atomic E-state index is -0.114. The number of ether oxygens (including phenoxy) is 2. The first-order chi connectivity index (χ1) is 13.3. The normalized spacial score (nSPS) is 22.3. The number of hydrogen-bond acceptors (Lipinski definition) is 7. The van der Waals surface area contributed by atoms with Crippen molar-refractivity contribution in [1.29, 1.82) is 0 Å². The average molecular weight is 375 g/mol. The summed E-state index contributed by atoms with van der Waals surface area (Å²) in [6, 6.07) is 0.606. The topological polar surface area (TPSA) is 83.1 Å². The molecule has 1 saturated carbocycles. The largest absolute Gasteiger partial charge is 0.383 e. The molecule has 0 radical (unpaired) electrons. The molecule has 0 N–H and O–H groups in total. The summed E-state index contributed by atoms with van der Waals surface area (Å²) >= 11 is 0.